The molecule has 128 valence electrons. The highest BCUT2D eigenvalue weighted by atomic mass is 16.1. The van der Waals surface area contributed by atoms with Gasteiger partial charge in [0.2, 0.25) is 5.91 Å². The van der Waals surface area contributed by atoms with Crippen LogP contribution in [0.4, 0.5) is 0 Å². The van der Waals surface area contributed by atoms with E-state index in [0.717, 1.165) is 30.8 Å². The van der Waals surface area contributed by atoms with E-state index in [9.17, 15) is 4.79 Å². The molecule has 0 fully saturated rings. The summed E-state index contributed by atoms with van der Waals surface area (Å²) in [6, 6.07) is 8.41. The fourth-order valence-electron chi connectivity index (χ4n) is 2.41. The SMILES string of the molecule is CCN(CC)Cc1ccc(CNC(=O)/C=C\c2cnn(C)c2)cc1. The number of amides is 1. The van der Waals surface area contributed by atoms with Gasteiger partial charge in [0, 0.05) is 38.0 Å². The molecule has 2 rings (SSSR count). The van der Waals surface area contributed by atoms with E-state index in [2.05, 4.69) is 53.4 Å². The van der Waals surface area contributed by atoms with Crippen LogP contribution in [0.25, 0.3) is 6.08 Å². The average molecular weight is 326 g/mol. The Balaban J connectivity index is 1.81. The van der Waals surface area contributed by atoms with E-state index >= 15 is 0 Å². The Labute approximate surface area is 144 Å². The van der Waals surface area contributed by atoms with E-state index in [4.69, 9.17) is 0 Å². The van der Waals surface area contributed by atoms with Gasteiger partial charge >= 0.3 is 0 Å². The second-order valence-corrected chi connectivity index (χ2v) is 5.78. The Bertz CT molecular complexity index is 669. The summed E-state index contributed by atoms with van der Waals surface area (Å²) in [5.74, 6) is -0.105. The Morgan fingerprint density at radius 2 is 1.88 bits per heavy atom. The zero-order valence-electron chi connectivity index (χ0n) is 14.7. The molecule has 0 aliphatic rings. The van der Waals surface area contributed by atoms with Crippen molar-refractivity contribution in [3.8, 4) is 0 Å². The fourth-order valence-corrected chi connectivity index (χ4v) is 2.41. The molecule has 2 aromatic rings. The highest BCUT2D eigenvalue weighted by Gasteiger charge is 2.02. The molecule has 0 aliphatic heterocycles. The van der Waals surface area contributed by atoms with E-state index in [1.165, 1.54) is 11.6 Å². The summed E-state index contributed by atoms with van der Waals surface area (Å²) in [6.07, 6.45) is 6.87. The summed E-state index contributed by atoms with van der Waals surface area (Å²) in [5.41, 5.74) is 3.31. The molecule has 5 heteroatoms. The number of rotatable bonds is 8. The number of hydrogen-bond acceptors (Lipinski definition) is 3. The van der Waals surface area contributed by atoms with Gasteiger partial charge < -0.3 is 5.32 Å². The van der Waals surface area contributed by atoms with Crippen molar-refractivity contribution in [2.75, 3.05) is 13.1 Å². The first kappa shape index (κ1) is 17.9. The van der Waals surface area contributed by atoms with Gasteiger partial charge in [0.1, 0.15) is 0 Å². The molecular weight excluding hydrogens is 300 g/mol. The number of aryl methyl sites for hydroxylation is 1. The van der Waals surface area contributed by atoms with Crippen LogP contribution in [0.1, 0.15) is 30.5 Å². The van der Waals surface area contributed by atoms with Crippen LogP contribution >= 0.6 is 0 Å². The largest absolute Gasteiger partial charge is 0.348 e. The minimum atomic E-state index is -0.105. The molecular formula is C19H26N4O. The topological polar surface area (TPSA) is 50.2 Å². The van der Waals surface area contributed by atoms with E-state index in [1.807, 2.05) is 13.2 Å². The van der Waals surface area contributed by atoms with E-state index in [-0.39, 0.29) is 5.91 Å². The molecule has 0 radical (unpaired) electrons. The molecule has 1 amide bonds. The van der Waals surface area contributed by atoms with Gasteiger partial charge in [0.25, 0.3) is 0 Å². The number of hydrogen-bond donors (Lipinski definition) is 1. The minimum Gasteiger partial charge on any atom is -0.348 e. The molecule has 1 aromatic carbocycles. The second kappa shape index (κ2) is 9.03. The van der Waals surface area contributed by atoms with Crippen LogP contribution in [0.2, 0.25) is 0 Å². The molecule has 0 unspecified atom stereocenters. The standard InChI is InChI=1S/C19H26N4O/c1-4-23(5-2)15-17-8-6-16(7-9-17)12-20-19(24)11-10-18-13-21-22(3)14-18/h6-11,13-14H,4-5,12,15H2,1-3H3,(H,20,24)/b11-10-. The predicted octanol–water partition coefficient (Wildman–Crippen LogP) is 2.59. The monoisotopic (exact) mass is 326 g/mol. The van der Waals surface area contributed by atoms with Crippen molar-refractivity contribution in [2.24, 2.45) is 7.05 Å². The Kier molecular flexibility index (Phi) is 6.75. The summed E-state index contributed by atoms with van der Waals surface area (Å²) in [5, 5.41) is 6.95. The molecule has 24 heavy (non-hydrogen) atoms. The smallest absolute Gasteiger partial charge is 0.244 e. The van der Waals surface area contributed by atoms with Gasteiger partial charge in [-0.1, -0.05) is 38.1 Å². The van der Waals surface area contributed by atoms with Crippen molar-refractivity contribution in [3.63, 3.8) is 0 Å². The van der Waals surface area contributed by atoms with Crippen molar-refractivity contribution < 1.29 is 4.79 Å². The maximum absolute atomic E-state index is 11.9. The molecule has 0 atom stereocenters. The quantitative estimate of drug-likeness (QED) is 0.759. The summed E-state index contributed by atoms with van der Waals surface area (Å²) in [6.45, 7) is 7.95. The van der Waals surface area contributed by atoms with Gasteiger partial charge in [-0.2, -0.15) is 5.10 Å². The highest BCUT2D eigenvalue weighted by Crippen LogP contribution is 2.07. The molecule has 5 nitrogen and oxygen atoms in total. The molecule has 1 N–H and O–H groups in total. The van der Waals surface area contributed by atoms with E-state index < -0.39 is 0 Å². The van der Waals surface area contributed by atoms with Crippen LogP contribution in [0, 0.1) is 0 Å². The third kappa shape index (κ3) is 5.66. The lowest BCUT2D eigenvalue weighted by molar-refractivity contribution is -0.116. The first-order valence-corrected chi connectivity index (χ1v) is 8.35. The highest BCUT2D eigenvalue weighted by molar-refractivity contribution is 5.91. The fraction of sp³-hybridized carbons (Fsp3) is 0.368. The number of carbonyl (C=O) groups excluding carboxylic acids is 1. The maximum atomic E-state index is 11.9. The lowest BCUT2D eigenvalue weighted by Gasteiger charge is -2.18. The lowest BCUT2D eigenvalue weighted by Crippen LogP contribution is -2.22. The zero-order chi connectivity index (χ0) is 17.4. The van der Waals surface area contributed by atoms with Crippen molar-refractivity contribution in [1.29, 1.82) is 0 Å². The van der Waals surface area contributed by atoms with Crippen molar-refractivity contribution in [2.45, 2.75) is 26.9 Å². The van der Waals surface area contributed by atoms with Crippen molar-refractivity contribution in [3.05, 3.63) is 59.4 Å². The number of nitrogens with one attached hydrogen (secondary N) is 1. The van der Waals surface area contributed by atoms with Gasteiger partial charge in [0.15, 0.2) is 0 Å². The van der Waals surface area contributed by atoms with Crippen LogP contribution < -0.4 is 5.32 Å². The van der Waals surface area contributed by atoms with Crippen LogP contribution in [0.3, 0.4) is 0 Å². The Hall–Kier alpha value is -2.40. The molecule has 0 bridgehead atoms. The number of aromatic nitrogens is 2. The molecule has 1 aromatic heterocycles. The molecule has 0 aliphatic carbocycles. The summed E-state index contributed by atoms with van der Waals surface area (Å²) < 4.78 is 1.71. The van der Waals surface area contributed by atoms with Gasteiger partial charge in [-0.15, -0.1) is 0 Å². The third-order valence-corrected chi connectivity index (χ3v) is 3.94. The summed E-state index contributed by atoms with van der Waals surface area (Å²) >= 11 is 0. The minimum absolute atomic E-state index is 0.105. The van der Waals surface area contributed by atoms with Crippen LogP contribution in [-0.4, -0.2) is 33.7 Å². The number of nitrogens with zero attached hydrogens (tertiary/aromatic N) is 3. The molecule has 1 heterocycles. The van der Waals surface area contributed by atoms with Gasteiger partial charge in [-0.25, -0.2) is 0 Å². The molecule has 0 saturated carbocycles. The molecule has 0 saturated heterocycles. The van der Waals surface area contributed by atoms with E-state index in [1.54, 1.807) is 17.0 Å². The normalized spacial score (nSPS) is 11.3. The first-order chi connectivity index (χ1) is 11.6. The van der Waals surface area contributed by atoms with Crippen LogP contribution in [0.15, 0.2) is 42.7 Å². The number of carbonyl (C=O) groups is 1. The Morgan fingerprint density at radius 3 is 2.46 bits per heavy atom. The molecule has 0 spiro atoms. The van der Waals surface area contributed by atoms with Crippen LogP contribution in [-0.2, 0) is 24.9 Å². The van der Waals surface area contributed by atoms with E-state index in [0.29, 0.717) is 6.54 Å². The average Bonchev–Trinajstić information content (AvgIpc) is 3.02. The van der Waals surface area contributed by atoms with Crippen LogP contribution in [0.5, 0.6) is 0 Å². The summed E-state index contributed by atoms with van der Waals surface area (Å²) in [7, 11) is 1.85. The zero-order valence-corrected chi connectivity index (χ0v) is 14.7. The second-order valence-electron chi connectivity index (χ2n) is 5.78. The lowest BCUT2D eigenvalue weighted by atomic mass is 10.1. The maximum Gasteiger partial charge on any atom is 0.244 e. The van der Waals surface area contributed by atoms with Crippen molar-refractivity contribution >= 4 is 12.0 Å². The van der Waals surface area contributed by atoms with Gasteiger partial charge in [-0.3, -0.25) is 14.4 Å². The number of benzene rings is 1. The Morgan fingerprint density at radius 1 is 1.21 bits per heavy atom. The third-order valence-electron chi connectivity index (χ3n) is 3.94. The predicted molar refractivity (Wildman–Crippen MR) is 97.2 cm³/mol. The first-order valence-electron chi connectivity index (χ1n) is 8.35. The van der Waals surface area contributed by atoms with Gasteiger partial charge in [-0.05, 0) is 30.3 Å². The summed E-state index contributed by atoms with van der Waals surface area (Å²) in [4.78, 5) is 14.2. The van der Waals surface area contributed by atoms with Gasteiger partial charge in [0.05, 0.1) is 6.20 Å². The van der Waals surface area contributed by atoms with Crippen molar-refractivity contribution in [1.82, 2.24) is 20.0 Å².